The first-order chi connectivity index (χ1) is 17.4. The molecule has 9 heteroatoms. The average Bonchev–Trinajstić information content (AvgIpc) is 2.86. The topological polar surface area (TPSA) is 114 Å². The smallest absolute Gasteiger partial charge is 0.336 e. The molecule has 1 heterocycles. The van der Waals surface area contributed by atoms with E-state index in [1.807, 2.05) is 36.4 Å². The molecule has 1 aliphatic rings. The maximum atomic E-state index is 13.3. The molecule has 0 amide bonds. The minimum atomic E-state index is -0.811. The summed E-state index contributed by atoms with van der Waals surface area (Å²) in [4.78, 5) is 34.1. The van der Waals surface area contributed by atoms with Crippen LogP contribution in [-0.4, -0.2) is 30.9 Å². The fourth-order valence-electron chi connectivity index (χ4n) is 4.47. The summed E-state index contributed by atoms with van der Waals surface area (Å²) in [6, 6.07) is 16.0. The van der Waals surface area contributed by atoms with Crippen molar-refractivity contribution in [1.82, 2.24) is 0 Å². The molecule has 3 unspecified atom stereocenters. The van der Waals surface area contributed by atoms with Crippen molar-refractivity contribution >= 4 is 29.3 Å². The van der Waals surface area contributed by atoms with E-state index < -0.39 is 29.8 Å². The summed E-state index contributed by atoms with van der Waals surface area (Å²) in [6.45, 7) is 5.56. The second-order valence-electron chi connectivity index (χ2n) is 8.27. The highest BCUT2D eigenvalue weighted by molar-refractivity contribution is 6.30. The number of aliphatic imine (C=N–C) groups is 1. The zero-order valence-electron chi connectivity index (χ0n) is 20.6. The van der Waals surface area contributed by atoms with E-state index in [0.717, 1.165) is 5.56 Å². The number of hydrogen-bond acceptors (Lipinski definition) is 6. The molecule has 3 rings (SSSR count). The van der Waals surface area contributed by atoms with Gasteiger partial charge < -0.3 is 9.47 Å². The lowest BCUT2D eigenvalue weighted by molar-refractivity contribution is -0.146. The maximum Gasteiger partial charge on any atom is 0.336 e. The summed E-state index contributed by atoms with van der Waals surface area (Å²) < 4.78 is 10.8. The highest BCUT2D eigenvalue weighted by Crippen LogP contribution is 2.42. The lowest BCUT2D eigenvalue weighted by atomic mass is 9.75. The first-order valence-corrected chi connectivity index (χ1v) is 12.3. The zero-order chi connectivity index (χ0) is 26.1. The highest BCUT2D eigenvalue weighted by Gasteiger charge is 2.43. The summed E-state index contributed by atoms with van der Waals surface area (Å²) in [5, 5.41) is 4.44. The standard InChI is InChI=1S/C27H29ClN4O4/c1-4-35-26(33)23-17(3)30-22(15-14-21(31-32-29)18-10-7-6-8-11-18)25(27(34)36-5-2)24(23)19-12-9-13-20(28)16-19/h6-13,16,21,23-24H,4-5,14-15H2,1-3H3. The highest BCUT2D eigenvalue weighted by atomic mass is 35.5. The van der Waals surface area contributed by atoms with Gasteiger partial charge in [0.05, 0.1) is 30.5 Å². The minimum absolute atomic E-state index is 0.163. The van der Waals surface area contributed by atoms with Gasteiger partial charge in [-0.3, -0.25) is 9.79 Å². The van der Waals surface area contributed by atoms with Crippen LogP contribution in [0.15, 0.2) is 76.0 Å². The van der Waals surface area contributed by atoms with Crippen molar-refractivity contribution in [2.45, 2.75) is 45.6 Å². The number of ether oxygens (including phenoxy) is 2. The van der Waals surface area contributed by atoms with Crippen LogP contribution in [0.25, 0.3) is 10.4 Å². The number of nitrogens with zero attached hydrogens (tertiary/aromatic N) is 4. The van der Waals surface area contributed by atoms with Crippen molar-refractivity contribution in [3.63, 3.8) is 0 Å². The van der Waals surface area contributed by atoms with Crippen LogP contribution in [0.5, 0.6) is 0 Å². The third-order valence-electron chi connectivity index (χ3n) is 5.99. The molecular formula is C27H29ClN4O4. The number of esters is 2. The van der Waals surface area contributed by atoms with E-state index in [4.69, 9.17) is 31.6 Å². The monoisotopic (exact) mass is 508 g/mol. The van der Waals surface area contributed by atoms with E-state index in [9.17, 15) is 9.59 Å². The summed E-state index contributed by atoms with van der Waals surface area (Å²) in [6.07, 6.45) is 0.742. The first-order valence-electron chi connectivity index (χ1n) is 11.9. The Morgan fingerprint density at radius 3 is 2.47 bits per heavy atom. The fourth-order valence-corrected chi connectivity index (χ4v) is 4.67. The Morgan fingerprint density at radius 2 is 1.83 bits per heavy atom. The van der Waals surface area contributed by atoms with Gasteiger partial charge in [0.25, 0.3) is 0 Å². The van der Waals surface area contributed by atoms with Gasteiger partial charge in [-0.25, -0.2) is 4.79 Å². The van der Waals surface area contributed by atoms with Gasteiger partial charge in [0.15, 0.2) is 0 Å². The Kier molecular flexibility index (Phi) is 9.68. The molecule has 0 N–H and O–H groups in total. The van der Waals surface area contributed by atoms with Crippen molar-refractivity contribution < 1.29 is 19.1 Å². The quantitative estimate of drug-likeness (QED) is 0.153. The molecule has 36 heavy (non-hydrogen) atoms. The second-order valence-corrected chi connectivity index (χ2v) is 8.70. The number of benzene rings is 2. The summed E-state index contributed by atoms with van der Waals surface area (Å²) >= 11 is 6.29. The number of carbonyl (C=O) groups is 2. The molecule has 0 bridgehead atoms. The second kappa shape index (κ2) is 12.9. The molecule has 0 fully saturated rings. The third kappa shape index (κ3) is 6.33. The SMILES string of the molecule is CCOC(=O)C1=C(CCC(N=[N+]=[N-])c2ccccc2)N=C(C)C(C(=O)OCC)C1c1cccc(Cl)c1. The van der Waals surface area contributed by atoms with Gasteiger partial charge in [0, 0.05) is 21.6 Å². The van der Waals surface area contributed by atoms with E-state index in [2.05, 4.69) is 10.0 Å². The zero-order valence-corrected chi connectivity index (χ0v) is 21.3. The molecule has 0 saturated heterocycles. The molecule has 0 aromatic heterocycles. The van der Waals surface area contributed by atoms with Crippen LogP contribution in [0.2, 0.25) is 5.02 Å². The van der Waals surface area contributed by atoms with E-state index in [1.54, 1.807) is 39.0 Å². The number of azide groups is 1. The molecule has 1 aliphatic heterocycles. The maximum absolute atomic E-state index is 13.3. The van der Waals surface area contributed by atoms with Gasteiger partial charge in [0.2, 0.25) is 0 Å². The molecule has 2 aromatic rings. The van der Waals surface area contributed by atoms with Crippen molar-refractivity contribution in [2.75, 3.05) is 13.2 Å². The lowest BCUT2D eigenvalue weighted by Gasteiger charge is -2.32. The predicted molar refractivity (Wildman–Crippen MR) is 139 cm³/mol. The summed E-state index contributed by atoms with van der Waals surface area (Å²) in [5.41, 5.74) is 12.0. The number of halogens is 1. The van der Waals surface area contributed by atoms with Gasteiger partial charge in [-0.05, 0) is 62.4 Å². The van der Waals surface area contributed by atoms with Gasteiger partial charge in [-0.2, -0.15) is 0 Å². The van der Waals surface area contributed by atoms with Crippen LogP contribution in [-0.2, 0) is 19.1 Å². The molecule has 8 nitrogen and oxygen atoms in total. The minimum Gasteiger partial charge on any atom is -0.465 e. The van der Waals surface area contributed by atoms with Crippen LogP contribution in [0.3, 0.4) is 0 Å². The van der Waals surface area contributed by atoms with E-state index in [1.165, 1.54) is 0 Å². The summed E-state index contributed by atoms with van der Waals surface area (Å²) in [7, 11) is 0. The first kappa shape index (κ1) is 27.0. The molecule has 0 spiro atoms. The van der Waals surface area contributed by atoms with Gasteiger partial charge in [0.1, 0.15) is 5.92 Å². The van der Waals surface area contributed by atoms with Crippen LogP contribution < -0.4 is 0 Å². The number of hydrogen-bond donors (Lipinski definition) is 0. The molecule has 0 radical (unpaired) electrons. The van der Waals surface area contributed by atoms with E-state index in [0.29, 0.717) is 34.8 Å². The Balaban J connectivity index is 2.12. The van der Waals surface area contributed by atoms with Crippen molar-refractivity contribution in [3.8, 4) is 0 Å². The van der Waals surface area contributed by atoms with E-state index >= 15 is 0 Å². The Morgan fingerprint density at radius 1 is 1.11 bits per heavy atom. The number of allylic oxidation sites excluding steroid dienone is 1. The van der Waals surface area contributed by atoms with Crippen molar-refractivity contribution in [2.24, 2.45) is 16.0 Å². The fraction of sp³-hybridized carbons (Fsp3) is 0.370. The molecule has 0 saturated carbocycles. The van der Waals surface area contributed by atoms with Crippen molar-refractivity contribution in [1.29, 1.82) is 0 Å². The van der Waals surface area contributed by atoms with Crippen molar-refractivity contribution in [3.05, 3.63) is 92.5 Å². The van der Waals surface area contributed by atoms with Gasteiger partial charge in [-0.15, -0.1) is 0 Å². The molecular weight excluding hydrogens is 480 g/mol. The average molecular weight is 509 g/mol. The predicted octanol–water partition coefficient (Wildman–Crippen LogP) is 6.73. The normalized spacial score (nSPS) is 18.1. The van der Waals surface area contributed by atoms with Crippen LogP contribution in [0.1, 0.15) is 56.7 Å². The third-order valence-corrected chi connectivity index (χ3v) is 6.23. The Bertz CT molecular complexity index is 1210. The van der Waals surface area contributed by atoms with Crippen LogP contribution in [0, 0.1) is 5.92 Å². The molecule has 188 valence electrons. The lowest BCUT2D eigenvalue weighted by Crippen LogP contribution is -2.37. The van der Waals surface area contributed by atoms with Gasteiger partial charge in [-0.1, -0.05) is 59.2 Å². The Hall–Kier alpha value is -3.61. The van der Waals surface area contributed by atoms with Crippen LogP contribution in [0.4, 0.5) is 0 Å². The molecule has 0 aliphatic carbocycles. The Labute approximate surface area is 215 Å². The molecule has 3 atom stereocenters. The van der Waals surface area contributed by atoms with Crippen LogP contribution >= 0.6 is 11.6 Å². The number of rotatable bonds is 10. The molecule has 2 aromatic carbocycles. The summed E-state index contributed by atoms with van der Waals surface area (Å²) in [5.74, 6) is -2.53. The van der Waals surface area contributed by atoms with Gasteiger partial charge >= 0.3 is 11.9 Å². The van der Waals surface area contributed by atoms with E-state index in [-0.39, 0.29) is 18.8 Å². The number of carbonyl (C=O) groups excluding carboxylic acids is 2. The largest absolute Gasteiger partial charge is 0.465 e.